The minimum atomic E-state index is -1.70. The molecule has 0 bridgehead atoms. The normalized spacial score (nSPS) is 45.6. The Morgan fingerprint density at radius 3 is 2.37 bits per heavy atom. The molecule has 1 aromatic rings. The molecule has 1 N–H and O–H groups in total. The van der Waals surface area contributed by atoms with Gasteiger partial charge in [0, 0.05) is 31.1 Å². The van der Waals surface area contributed by atoms with Crippen LogP contribution in [-0.2, 0) is 42.8 Å². The molecule has 13 atom stereocenters. The summed E-state index contributed by atoms with van der Waals surface area (Å²) in [4.78, 5) is 53.8. The van der Waals surface area contributed by atoms with Crippen molar-refractivity contribution in [1.82, 2.24) is 0 Å². The first-order chi connectivity index (χ1) is 24.0. The second-order valence-electron chi connectivity index (χ2n) is 16.5. The van der Waals surface area contributed by atoms with E-state index >= 15 is 0 Å². The van der Waals surface area contributed by atoms with E-state index in [2.05, 4.69) is 26.5 Å². The molecule has 0 amide bonds. The Kier molecular flexibility index (Phi) is 8.53. The lowest BCUT2D eigenvalue weighted by Gasteiger charge is -2.73. The summed E-state index contributed by atoms with van der Waals surface area (Å²) >= 11 is 1.34. The quantitative estimate of drug-likeness (QED) is 0.179. The van der Waals surface area contributed by atoms with Crippen LogP contribution < -0.4 is 0 Å². The molecular weight excluding hydrogens is 676 g/mol. The van der Waals surface area contributed by atoms with Gasteiger partial charge in [0.15, 0.2) is 6.10 Å². The molecule has 2 aliphatic heterocycles. The number of ether oxygens (including phenoxy) is 6. The second kappa shape index (κ2) is 12.0. The molecule has 278 valence electrons. The highest BCUT2D eigenvalue weighted by Gasteiger charge is 2.90. The number of methoxy groups -OCH3 is 1. The minimum absolute atomic E-state index is 0.109. The van der Waals surface area contributed by atoms with Crippen LogP contribution in [0.4, 0.5) is 0 Å². The zero-order valence-electron chi connectivity index (χ0n) is 30.5. The van der Waals surface area contributed by atoms with Crippen molar-refractivity contribution in [2.45, 2.75) is 109 Å². The van der Waals surface area contributed by atoms with E-state index in [1.54, 1.807) is 13.0 Å². The molecule has 5 fully saturated rings. The first-order valence-corrected chi connectivity index (χ1v) is 18.9. The average molecular weight is 727 g/mol. The van der Waals surface area contributed by atoms with Crippen molar-refractivity contribution in [2.75, 3.05) is 20.3 Å². The third-order valence-electron chi connectivity index (χ3n) is 14.5. The van der Waals surface area contributed by atoms with Gasteiger partial charge in [0.2, 0.25) is 5.60 Å². The highest BCUT2D eigenvalue weighted by molar-refractivity contribution is 7.11. The van der Waals surface area contributed by atoms with Gasteiger partial charge in [-0.25, -0.2) is 9.59 Å². The maximum Gasteiger partial charge on any atom is 0.348 e. The van der Waals surface area contributed by atoms with Gasteiger partial charge in [-0.05, 0) is 79.7 Å². The number of allylic oxidation sites excluding steroid dienone is 1. The van der Waals surface area contributed by atoms with Gasteiger partial charge >= 0.3 is 23.9 Å². The summed E-state index contributed by atoms with van der Waals surface area (Å²) in [5.74, 6) is -3.11. The SMILES string of the molecule is C=C1C[C@@]2(O)C3CC[C@]4(C)C(CC[C@@]5(C(C)OC(=O)c6cccs6)COCC=C[C@H]54)[C@@]3(C)[C@H](OC(C)=O)[C@H](OC(C)=O)[C@@]2(C)[C@]2(C(=O)OC)O[C@H]12. The van der Waals surface area contributed by atoms with Crippen molar-refractivity contribution in [3.8, 4) is 0 Å². The summed E-state index contributed by atoms with van der Waals surface area (Å²) < 4.78 is 36.5. The highest BCUT2D eigenvalue weighted by atomic mass is 32.1. The molecule has 11 nitrogen and oxygen atoms in total. The van der Waals surface area contributed by atoms with Gasteiger partial charge in [-0.1, -0.05) is 38.6 Å². The van der Waals surface area contributed by atoms with E-state index in [9.17, 15) is 24.3 Å². The van der Waals surface area contributed by atoms with Crippen molar-refractivity contribution in [2.24, 2.45) is 39.4 Å². The van der Waals surface area contributed by atoms with Gasteiger partial charge < -0.3 is 33.5 Å². The van der Waals surface area contributed by atoms with Crippen LogP contribution >= 0.6 is 11.3 Å². The van der Waals surface area contributed by atoms with Crippen LogP contribution in [0, 0.1) is 39.4 Å². The fraction of sp³-hybridized carbons (Fsp3) is 0.692. The number of carbonyl (C=O) groups excluding carboxylic acids is 4. The van der Waals surface area contributed by atoms with Crippen molar-refractivity contribution in [3.05, 3.63) is 46.7 Å². The Morgan fingerprint density at radius 2 is 1.73 bits per heavy atom. The highest BCUT2D eigenvalue weighted by Crippen LogP contribution is 2.78. The van der Waals surface area contributed by atoms with Crippen molar-refractivity contribution in [1.29, 1.82) is 0 Å². The van der Waals surface area contributed by atoms with Crippen molar-refractivity contribution < 1.29 is 52.7 Å². The molecule has 3 heterocycles. The summed E-state index contributed by atoms with van der Waals surface area (Å²) in [6.45, 7) is 15.6. The molecule has 0 aromatic carbocycles. The average Bonchev–Trinajstić information content (AvgIpc) is 3.70. The maximum absolute atomic E-state index is 13.8. The summed E-state index contributed by atoms with van der Waals surface area (Å²) in [6.07, 6.45) is 3.20. The van der Waals surface area contributed by atoms with Crippen molar-refractivity contribution >= 4 is 35.2 Å². The number of epoxide rings is 1. The first kappa shape index (κ1) is 36.3. The van der Waals surface area contributed by atoms with Crippen LogP contribution in [0.3, 0.4) is 0 Å². The lowest BCUT2D eigenvalue weighted by atomic mass is 9.32. The van der Waals surface area contributed by atoms with Crippen molar-refractivity contribution in [3.63, 3.8) is 0 Å². The van der Waals surface area contributed by atoms with Gasteiger partial charge in [0.1, 0.15) is 23.2 Å². The molecule has 12 heteroatoms. The number of rotatable bonds is 6. The van der Waals surface area contributed by atoms with Gasteiger partial charge in [-0.15, -0.1) is 11.3 Å². The largest absolute Gasteiger partial charge is 0.467 e. The third-order valence-corrected chi connectivity index (χ3v) is 15.3. The van der Waals surface area contributed by atoms with Gasteiger partial charge in [0.25, 0.3) is 0 Å². The van der Waals surface area contributed by atoms with E-state index in [0.717, 1.165) is 0 Å². The molecule has 0 radical (unpaired) electrons. The summed E-state index contributed by atoms with van der Waals surface area (Å²) in [5, 5.41) is 15.3. The zero-order chi connectivity index (χ0) is 36.9. The van der Waals surface area contributed by atoms with Gasteiger partial charge in [-0.2, -0.15) is 0 Å². The fourth-order valence-electron chi connectivity index (χ4n) is 12.3. The minimum Gasteiger partial charge on any atom is -0.467 e. The lowest BCUT2D eigenvalue weighted by molar-refractivity contribution is -0.336. The summed E-state index contributed by atoms with van der Waals surface area (Å²) in [6, 6.07) is 3.58. The van der Waals surface area contributed by atoms with E-state index in [4.69, 9.17) is 28.4 Å². The van der Waals surface area contributed by atoms with Crippen LogP contribution in [0.2, 0.25) is 0 Å². The van der Waals surface area contributed by atoms with E-state index in [1.807, 2.05) is 24.4 Å². The predicted octanol–water partition coefficient (Wildman–Crippen LogP) is 5.20. The molecular formula is C39H50O11S. The molecule has 4 saturated carbocycles. The Balaban J connectivity index is 1.38. The van der Waals surface area contributed by atoms with E-state index in [1.165, 1.54) is 32.3 Å². The van der Waals surface area contributed by atoms with Crippen LogP contribution in [0.25, 0.3) is 0 Å². The van der Waals surface area contributed by atoms with E-state index in [0.29, 0.717) is 49.3 Å². The Labute approximate surface area is 303 Å². The number of hydrogen-bond donors (Lipinski definition) is 1. The standard InChI is InChI=1S/C39H50O11S/c1-21-19-38(44)28-13-15-34(5)26(14-16-37(20-46-17-9-12-27(34)37)22(2)47-32(42)25-11-10-18-51-25)35(28,6)30(48-23(3)40)31(49-24(4)41)36(38,7)39(29(21)50-39)33(43)45-8/h9-12,18,22,26-31,44H,1,13-17,19-20H2,2-8H3/t22?,26?,27-,28?,29+,30+,31-,34+,35+,36+,37-,38+,39-/m0/s1. The lowest BCUT2D eigenvalue weighted by Crippen LogP contribution is -2.82. The first-order valence-electron chi connectivity index (χ1n) is 18.0. The smallest absolute Gasteiger partial charge is 0.348 e. The number of carbonyl (C=O) groups is 4. The summed E-state index contributed by atoms with van der Waals surface area (Å²) in [5.41, 5.74) is -6.36. The number of fused-ring (bicyclic) bond motifs is 9. The number of esters is 4. The maximum atomic E-state index is 13.8. The van der Waals surface area contributed by atoms with Gasteiger partial charge in [0.05, 0.1) is 31.3 Å². The fourth-order valence-corrected chi connectivity index (χ4v) is 13.0. The molecule has 3 unspecified atom stereocenters. The van der Waals surface area contributed by atoms with E-state index < -0.39 is 81.1 Å². The van der Waals surface area contributed by atoms with Crippen LogP contribution in [-0.4, -0.2) is 84.9 Å². The van der Waals surface area contributed by atoms with Gasteiger partial charge in [-0.3, -0.25) is 9.59 Å². The molecule has 1 aromatic heterocycles. The molecule has 7 rings (SSSR count). The Hall–Kier alpha value is -3.06. The molecule has 51 heavy (non-hydrogen) atoms. The predicted molar refractivity (Wildman–Crippen MR) is 184 cm³/mol. The summed E-state index contributed by atoms with van der Waals surface area (Å²) in [7, 11) is 1.26. The third kappa shape index (κ3) is 4.64. The number of aliphatic hydroxyl groups is 1. The molecule has 4 aliphatic carbocycles. The molecule has 6 aliphatic rings. The zero-order valence-corrected chi connectivity index (χ0v) is 31.3. The van der Waals surface area contributed by atoms with Crippen LogP contribution in [0.15, 0.2) is 41.8 Å². The van der Waals surface area contributed by atoms with E-state index in [-0.39, 0.29) is 24.2 Å². The number of hydrogen-bond acceptors (Lipinski definition) is 12. The number of thiophene rings is 1. The topological polar surface area (TPSA) is 147 Å². The second-order valence-corrected chi connectivity index (χ2v) is 17.4. The molecule has 1 saturated heterocycles. The van der Waals surface area contributed by atoms with Crippen LogP contribution in [0.1, 0.15) is 83.3 Å². The molecule has 0 spiro atoms. The van der Waals surface area contributed by atoms with Crippen LogP contribution in [0.5, 0.6) is 0 Å². The monoisotopic (exact) mass is 726 g/mol. The Bertz CT molecular complexity index is 1670. The Morgan fingerprint density at radius 1 is 1.04 bits per heavy atom.